The molecule has 1 atom stereocenters. The number of halogens is 1. The van der Waals surface area contributed by atoms with Crippen molar-refractivity contribution in [1.82, 2.24) is 20.8 Å². The summed E-state index contributed by atoms with van der Waals surface area (Å²) >= 11 is 5.83. The molecule has 2 rings (SSSR count). The Morgan fingerprint density at radius 2 is 2.13 bits per heavy atom. The van der Waals surface area contributed by atoms with Crippen LogP contribution in [-0.4, -0.2) is 33.9 Å². The third-order valence-corrected chi connectivity index (χ3v) is 3.40. The van der Waals surface area contributed by atoms with E-state index in [2.05, 4.69) is 20.8 Å². The number of benzene rings is 1. The Hall–Kier alpha value is -2.12. The van der Waals surface area contributed by atoms with E-state index in [9.17, 15) is 4.79 Å². The summed E-state index contributed by atoms with van der Waals surface area (Å²) in [5, 5.41) is 18.7. The Bertz CT molecular complexity index is 630. The van der Waals surface area contributed by atoms with E-state index in [1.54, 1.807) is 24.3 Å². The van der Waals surface area contributed by atoms with E-state index in [0.717, 1.165) is 5.56 Å². The van der Waals surface area contributed by atoms with Crippen molar-refractivity contribution in [2.45, 2.75) is 32.4 Å². The molecule has 3 N–H and O–H groups in total. The van der Waals surface area contributed by atoms with Crippen LogP contribution in [0.15, 0.2) is 28.8 Å². The fourth-order valence-electron chi connectivity index (χ4n) is 1.94. The van der Waals surface area contributed by atoms with E-state index in [0.29, 0.717) is 29.6 Å². The highest BCUT2D eigenvalue weighted by atomic mass is 35.5. The third kappa shape index (κ3) is 5.54. The molecule has 0 fully saturated rings. The lowest BCUT2D eigenvalue weighted by Crippen LogP contribution is -2.40. The second-order valence-electron chi connectivity index (χ2n) is 5.11. The van der Waals surface area contributed by atoms with E-state index >= 15 is 0 Å². The van der Waals surface area contributed by atoms with Crippen LogP contribution >= 0.6 is 11.6 Å². The minimum atomic E-state index is -0.318. The predicted octanol–water partition coefficient (Wildman–Crippen LogP) is 2.35. The van der Waals surface area contributed by atoms with Crippen LogP contribution in [0.25, 0.3) is 11.4 Å². The molecule has 0 radical (unpaired) electrons. The summed E-state index contributed by atoms with van der Waals surface area (Å²) in [6.45, 7) is 2.13. The lowest BCUT2D eigenvalue weighted by molar-refractivity contribution is 0.232. The van der Waals surface area contributed by atoms with Crippen LogP contribution < -0.4 is 10.6 Å². The van der Waals surface area contributed by atoms with Crippen LogP contribution in [0.4, 0.5) is 4.79 Å². The summed E-state index contributed by atoms with van der Waals surface area (Å²) < 4.78 is 5.10. The normalized spacial score (nSPS) is 12.0. The fourth-order valence-corrected chi connectivity index (χ4v) is 2.07. The summed E-state index contributed by atoms with van der Waals surface area (Å²) in [6.07, 6.45) is 1.36. The van der Waals surface area contributed by atoms with Crippen molar-refractivity contribution >= 4 is 17.6 Å². The molecule has 2 amide bonds. The van der Waals surface area contributed by atoms with Crippen LogP contribution in [0.5, 0.6) is 0 Å². The molecule has 0 spiro atoms. The maximum absolute atomic E-state index is 11.7. The van der Waals surface area contributed by atoms with Crippen LogP contribution in [0.3, 0.4) is 0 Å². The molecule has 0 aliphatic carbocycles. The minimum Gasteiger partial charge on any atom is -0.396 e. The summed E-state index contributed by atoms with van der Waals surface area (Å²) in [5.41, 5.74) is 0.784. The van der Waals surface area contributed by atoms with Crippen molar-refractivity contribution in [2.24, 2.45) is 0 Å². The van der Waals surface area contributed by atoms with Gasteiger partial charge in [-0.2, -0.15) is 4.98 Å². The molecule has 7 nitrogen and oxygen atoms in total. The zero-order valence-electron chi connectivity index (χ0n) is 12.8. The lowest BCUT2D eigenvalue weighted by atomic mass is 10.2. The number of aromatic nitrogens is 2. The monoisotopic (exact) mass is 338 g/mol. The van der Waals surface area contributed by atoms with Gasteiger partial charge in [-0.25, -0.2) is 4.79 Å². The van der Waals surface area contributed by atoms with Gasteiger partial charge in [0, 0.05) is 23.2 Å². The molecule has 0 saturated carbocycles. The summed E-state index contributed by atoms with van der Waals surface area (Å²) in [7, 11) is 0. The van der Waals surface area contributed by atoms with Gasteiger partial charge in [-0.05, 0) is 44.0 Å². The van der Waals surface area contributed by atoms with Gasteiger partial charge in [-0.3, -0.25) is 0 Å². The number of carbonyl (C=O) groups excluding carboxylic acids is 1. The number of aliphatic hydroxyl groups is 1. The quantitative estimate of drug-likeness (QED) is 0.719. The summed E-state index contributed by atoms with van der Waals surface area (Å²) in [5.74, 6) is 0.753. The van der Waals surface area contributed by atoms with Gasteiger partial charge >= 0.3 is 6.03 Å². The van der Waals surface area contributed by atoms with Crippen LogP contribution in [0.2, 0.25) is 5.02 Å². The molecule has 1 aromatic carbocycles. The van der Waals surface area contributed by atoms with E-state index in [4.69, 9.17) is 21.2 Å². The number of carbonyl (C=O) groups is 1. The number of aliphatic hydroxyl groups excluding tert-OH is 1. The number of amides is 2. The van der Waals surface area contributed by atoms with Gasteiger partial charge in [-0.15, -0.1) is 0 Å². The average molecular weight is 339 g/mol. The SMILES string of the molecule is CC(CCCO)NC(=O)NCc1nc(-c2ccc(Cl)cc2)no1. The van der Waals surface area contributed by atoms with Crippen LogP contribution in [0.1, 0.15) is 25.7 Å². The standard InChI is InChI=1S/C15H19ClN4O3/c1-10(3-2-8-21)18-15(22)17-9-13-19-14(20-23-13)11-4-6-12(16)7-5-11/h4-7,10,21H,2-3,8-9H2,1H3,(H2,17,18,22). The van der Waals surface area contributed by atoms with Crippen molar-refractivity contribution in [3.05, 3.63) is 35.2 Å². The smallest absolute Gasteiger partial charge is 0.315 e. The highest BCUT2D eigenvalue weighted by Crippen LogP contribution is 2.18. The Labute approximate surface area is 139 Å². The molecular formula is C15H19ClN4O3. The molecule has 0 aliphatic heterocycles. The maximum Gasteiger partial charge on any atom is 0.315 e. The Kier molecular flexibility index (Phi) is 6.37. The molecule has 23 heavy (non-hydrogen) atoms. The molecule has 124 valence electrons. The van der Waals surface area contributed by atoms with Crippen molar-refractivity contribution < 1.29 is 14.4 Å². The highest BCUT2D eigenvalue weighted by molar-refractivity contribution is 6.30. The molecule has 0 saturated heterocycles. The minimum absolute atomic E-state index is 0.0190. The van der Waals surface area contributed by atoms with E-state index < -0.39 is 0 Å². The first-order valence-corrected chi connectivity index (χ1v) is 7.70. The number of hydrogen-bond donors (Lipinski definition) is 3. The highest BCUT2D eigenvalue weighted by Gasteiger charge is 2.11. The lowest BCUT2D eigenvalue weighted by Gasteiger charge is -2.13. The van der Waals surface area contributed by atoms with E-state index in [-0.39, 0.29) is 25.2 Å². The van der Waals surface area contributed by atoms with Crippen molar-refractivity contribution in [3.63, 3.8) is 0 Å². The average Bonchev–Trinajstić information content (AvgIpc) is 3.00. The van der Waals surface area contributed by atoms with Gasteiger partial charge in [0.1, 0.15) is 0 Å². The zero-order valence-corrected chi connectivity index (χ0v) is 13.5. The van der Waals surface area contributed by atoms with Gasteiger partial charge in [0.25, 0.3) is 0 Å². The summed E-state index contributed by atoms with van der Waals surface area (Å²) in [6, 6.07) is 6.73. The van der Waals surface area contributed by atoms with Crippen molar-refractivity contribution in [1.29, 1.82) is 0 Å². The molecule has 1 unspecified atom stereocenters. The first-order valence-electron chi connectivity index (χ1n) is 7.32. The molecular weight excluding hydrogens is 320 g/mol. The molecule has 1 aromatic heterocycles. The van der Waals surface area contributed by atoms with E-state index in [1.807, 2.05) is 6.92 Å². The van der Waals surface area contributed by atoms with Gasteiger partial charge < -0.3 is 20.3 Å². The molecule has 8 heteroatoms. The van der Waals surface area contributed by atoms with Gasteiger partial charge in [0.2, 0.25) is 11.7 Å². The Morgan fingerprint density at radius 1 is 1.39 bits per heavy atom. The second kappa shape index (κ2) is 8.50. The van der Waals surface area contributed by atoms with Crippen LogP contribution in [-0.2, 0) is 6.54 Å². The predicted molar refractivity (Wildman–Crippen MR) is 85.9 cm³/mol. The topological polar surface area (TPSA) is 100 Å². The Morgan fingerprint density at radius 3 is 2.83 bits per heavy atom. The number of hydrogen-bond acceptors (Lipinski definition) is 5. The first kappa shape index (κ1) is 17.2. The van der Waals surface area contributed by atoms with Gasteiger partial charge in [0.15, 0.2) is 0 Å². The van der Waals surface area contributed by atoms with E-state index in [1.165, 1.54) is 0 Å². The molecule has 0 bridgehead atoms. The number of nitrogens with zero attached hydrogens (tertiary/aromatic N) is 2. The van der Waals surface area contributed by atoms with Gasteiger partial charge in [-0.1, -0.05) is 16.8 Å². The van der Waals surface area contributed by atoms with Crippen molar-refractivity contribution in [2.75, 3.05) is 6.61 Å². The van der Waals surface area contributed by atoms with Crippen molar-refractivity contribution in [3.8, 4) is 11.4 Å². The number of nitrogens with one attached hydrogen (secondary N) is 2. The molecule has 2 aromatic rings. The third-order valence-electron chi connectivity index (χ3n) is 3.14. The fraction of sp³-hybridized carbons (Fsp3) is 0.400. The number of rotatable bonds is 7. The molecule has 0 aliphatic rings. The zero-order chi connectivity index (χ0) is 16.7. The second-order valence-corrected chi connectivity index (χ2v) is 5.55. The Balaban J connectivity index is 1.82. The molecule has 1 heterocycles. The van der Waals surface area contributed by atoms with Crippen LogP contribution in [0, 0.1) is 0 Å². The first-order chi connectivity index (χ1) is 11.1. The van der Waals surface area contributed by atoms with Gasteiger partial charge in [0.05, 0.1) is 6.54 Å². The number of urea groups is 1. The largest absolute Gasteiger partial charge is 0.396 e. The maximum atomic E-state index is 11.7. The summed E-state index contributed by atoms with van der Waals surface area (Å²) in [4.78, 5) is 15.9.